The SMILES string of the molecule is Cc1cc(-n2c3ccccc3c3ccccc32)c(C)cc1N(c1ccccc1)c1ccc(-c2nc3ccccc3n2-c2ccccc2)cc1. The van der Waals surface area contributed by atoms with Crippen molar-refractivity contribution >= 4 is 49.9 Å². The second-order valence-electron chi connectivity index (χ2n) is 12.6. The largest absolute Gasteiger partial charge is 0.310 e. The van der Waals surface area contributed by atoms with Gasteiger partial charge >= 0.3 is 0 Å². The molecule has 4 heteroatoms. The molecule has 7 aromatic carbocycles. The van der Waals surface area contributed by atoms with E-state index in [-0.39, 0.29) is 0 Å². The summed E-state index contributed by atoms with van der Waals surface area (Å²) in [7, 11) is 0. The number of para-hydroxylation sites is 6. The summed E-state index contributed by atoms with van der Waals surface area (Å²) in [5.41, 5.74) is 13.6. The first-order chi connectivity index (χ1) is 24.2. The molecule has 49 heavy (non-hydrogen) atoms. The minimum absolute atomic E-state index is 0.924. The van der Waals surface area contributed by atoms with Crippen LogP contribution in [-0.2, 0) is 0 Å². The average Bonchev–Trinajstić information content (AvgIpc) is 3.71. The van der Waals surface area contributed by atoms with Gasteiger partial charge in [-0.1, -0.05) is 84.9 Å². The van der Waals surface area contributed by atoms with Gasteiger partial charge in [-0.15, -0.1) is 0 Å². The highest BCUT2D eigenvalue weighted by Gasteiger charge is 2.20. The normalized spacial score (nSPS) is 11.5. The highest BCUT2D eigenvalue weighted by molar-refractivity contribution is 6.09. The lowest BCUT2D eigenvalue weighted by Gasteiger charge is -2.28. The number of benzene rings is 7. The molecule has 0 amide bonds. The van der Waals surface area contributed by atoms with Crippen molar-refractivity contribution in [1.29, 1.82) is 0 Å². The van der Waals surface area contributed by atoms with E-state index in [4.69, 9.17) is 4.98 Å². The Bertz CT molecular complexity index is 2560. The molecule has 2 heterocycles. The molecule has 0 atom stereocenters. The van der Waals surface area contributed by atoms with Gasteiger partial charge in [0.1, 0.15) is 5.82 Å². The molecule has 0 fully saturated rings. The number of aromatic nitrogens is 3. The molecule has 0 unspecified atom stereocenters. The van der Waals surface area contributed by atoms with Crippen LogP contribution >= 0.6 is 0 Å². The van der Waals surface area contributed by atoms with Crippen LogP contribution in [-0.4, -0.2) is 14.1 Å². The van der Waals surface area contributed by atoms with Crippen molar-refractivity contribution in [3.63, 3.8) is 0 Å². The number of hydrogen-bond donors (Lipinski definition) is 0. The summed E-state index contributed by atoms with van der Waals surface area (Å²) in [4.78, 5) is 7.46. The maximum Gasteiger partial charge on any atom is 0.145 e. The lowest BCUT2D eigenvalue weighted by atomic mass is 10.0. The molecule has 2 aromatic heterocycles. The maximum absolute atomic E-state index is 5.10. The standard InChI is InChI=1S/C45H34N4/c1-31-30-44(49-40-22-12-9-19-37(40)38-20-10-13-23-41(38)49)32(2)29-43(31)47(34-15-5-3-6-16-34)36-27-25-33(26-28-36)45-46-39-21-11-14-24-42(39)48(45)35-17-7-4-8-18-35/h3-30H,1-2H3. The van der Waals surface area contributed by atoms with Crippen molar-refractivity contribution in [2.24, 2.45) is 0 Å². The molecule has 0 aliphatic heterocycles. The van der Waals surface area contributed by atoms with E-state index in [0.29, 0.717) is 0 Å². The summed E-state index contributed by atoms with van der Waals surface area (Å²) in [5, 5.41) is 2.54. The van der Waals surface area contributed by atoms with Crippen molar-refractivity contribution < 1.29 is 0 Å². The Morgan fingerprint density at radius 2 is 1.02 bits per heavy atom. The Morgan fingerprint density at radius 3 is 1.69 bits per heavy atom. The second-order valence-corrected chi connectivity index (χ2v) is 12.6. The van der Waals surface area contributed by atoms with Gasteiger partial charge in [0.25, 0.3) is 0 Å². The first kappa shape index (κ1) is 28.8. The molecular formula is C45H34N4. The Morgan fingerprint density at radius 1 is 0.469 bits per heavy atom. The maximum atomic E-state index is 5.10. The van der Waals surface area contributed by atoms with Crippen LogP contribution in [0.2, 0.25) is 0 Å². The van der Waals surface area contributed by atoms with Gasteiger partial charge in [0, 0.05) is 44.8 Å². The van der Waals surface area contributed by atoms with Crippen molar-refractivity contribution in [3.05, 3.63) is 181 Å². The number of fused-ring (bicyclic) bond motifs is 4. The zero-order valence-corrected chi connectivity index (χ0v) is 27.5. The molecule has 0 aliphatic carbocycles. The fourth-order valence-corrected chi connectivity index (χ4v) is 7.27. The molecule has 0 radical (unpaired) electrons. The minimum atomic E-state index is 0.924. The molecule has 4 nitrogen and oxygen atoms in total. The Balaban J connectivity index is 1.18. The number of imidazole rings is 1. The Hall–Kier alpha value is -6.39. The molecule has 0 aliphatic rings. The third kappa shape index (κ3) is 4.80. The van der Waals surface area contributed by atoms with Gasteiger partial charge in [-0.2, -0.15) is 0 Å². The van der Waals surface area contributed by atoms with Crippen LogP contribution in [0.4, 0.5) is 17.1 Å². The average molecular weight is 631 g/mol. The fourth-order valence-electron chi connectivity index (χ4n) is 7.27. The zero-order chi connectivity index (χ0) is 32.9. The highest BCUT2D eigenvalue weighted by atomic mass is 15.1. The van der Waals surface area contributed by atoms with Crippen LogP contribution in [0.25, 0.3) is 55.6 Å². The molecule has 0 N–H and O–H groups in total. The van der Waals surface area contributed by atoms with E-state index in [9.17, 15) is 0 Å². The van der Waals surface area contributed by atoms with Gasteiger partial charge < -0.3 is 9.47 Å². The smallest absolute Gasteiger partial charge is 0.145 e. The third-order valence-corrected chi connectivity index (χ3v) is 9.55. The van der Waals surface area contributed by atoms with Crippen LogP contribution in [0.5, 0.6) is 0 Å². The van der Waals surface area contributed by atoms with E-state index in [2.05, 4.69) is 192 Å². The van der Waals surface area contributed by atoms with E-state index in [1.54, 1.807) is 0 Å². The molecule has 0 spiro atoms. The summed E-state index contributed by atoms with van der Waals surface area (Å²) < 4.78 is 4.66. The predicted octanol–water partition coefficient (Wildman–Crippen LogP) is 11.9. The number of rotatable bonds is 6. The van der Waals surface area contributed by atoms with E-state index in [1.807, 2.05) is 6.07 Å². The van der Waals surface area contributed by atoms with Gasteiger partial charge in [0.05, 0.1) is 22.1 Å². The van der Waals surface area contributed by atoms with Crippen LogP contribution < -0.4 is 4.90 Å². The zero-order valence-electron chi connectivity index (χ0n) is 27.5. The van der Waals surface area contributed by atoms with Crippen molar-refractivity contribution in [2.45, 2.75) is 13.8 Å². The van der Waals surface area contributed by atoms with Crippen LogP contribution in [0.15, 0.2) is 170 Å². The molecular weight excluding hydrogens is 597 g/mol. The third-order valence-electron chi connectivity index (χ3n) is 9.55. The monoisotopic (exact) mass is 630 g/mol. The molecule has 9 aromatic rings. The number of nitrogens with zero attached hydrogens (tertiary/aromatic N) is 4. The molecule has 234 valence electrons. The summed E-state index contributed by atoms with van der Waals surface area (Å²) in [6, 6.07) is 60.4. The lowest BCUT2D eigenvalue weighted by Crippen LogP contribution is -2.12. The Kier molecular flexibility index (Phi) is 6.87. The van der Waals surface area contributed by atoms with E-state index in [0.717, 1.165) is 45.2 Å². The first-order valence-electron chi connectivity index (χ1n) is 16.7. The molecule has 9 rings (SSSR count). The summed E-state index contributed by atoms with van der Waals surface area (Å²) in [5.74, 6) is 0.924. The predicted molar refractivity (Wildman–Crippen MR) is 205 cm³/mol. The number of anilines is 3. The minimum Gasteiger partial charge on any atom is -0.310 e. The quantitative estimate of drug-likeness (QED) is 0.183. The topological polar surface area (TPSA) is 26.0 Å². The van der Waals surface area contributed by atoms with E-state index >= 15 is 0 Å². The Labute approximate surface area is 285 Å². The van der Waals surface area contributed by atoms with Gasteiger partial charge in [0.15, 0.2) is 0 Å². The van der Waals surface area contributed by atoms with Gasteiger partial charge in [-0.3, -0.25) is 4.57 Å². The second kappa shape index (κ2) is 11.7. The van der Waals surface area contributed by atoms with Crippen molar-refractivity contribution in [3.8, 4) is 22.8 Å². The fraction of sp³-hybridized carbons (Fsp3) is 0.0444. The van der Waals surface area contributed by atoms with Gasteiger partial charge in [0.2, 0.25) is 0 Å². The van der Waals surface area contributed by atoms with Crippen molar-refractivity contribution in [2.75, 3.05) is 4.90 Å². The van der Waals surface area contributed by atoms with Gasteiger partial charge in [-0.05, 0) is 110 Å². The molecule has 0 saturated heterocycles. The van der Waals surface area contributed by atoms with Gasteiger partial charge in [-0.25, -0.2) is 4.98 Å². The van der Waals surface area contributed by atoms with Crippen LogP contribution in [0.3, 0.4) is 0 Å². The summed E-state index contributed by atoms with van der Waals surface area (Å²) in [6.07, 6.45) is 0. The van der Waals surface area contributed by atoms with E-state index < -0.39 is 0 Å². The highest BCUT2D eigenvalue weighted by Crippen LogP contribution is 2.41. The van der Waals surface area contributed by atoms with Crippen LogP contribution in [0.1, 0.15) is 11.1 Å². The number of aryl methyl sites for hydroxylation is 2. The first-order valence-corrected chi connectivity index (χ1v) is 16.7. The summed E-state index contributed by atoms with van der Waals surface area (Å²) >= 11 is 0. The number of hydrogen-bond acceptors (Lipinski definition) is 2. The molecule has 0 saturated carbocycles. The van der Waals surface area contributed by atoms with Crippen molar-refractivity contribution in [1.82, 2.24) is 14.1 Å². The lowest BCUT2D eigenvalue weighted by molar-refractivity contribution is 1.10. The summed E-state index contributed by atoms with van der Waals surface area (Å²) in [6.45, 7) is 4.45. The van der Waals surface area contributed by atoms with Crippen LogP contribution in [0, 0.1) is 13.8 Å². The molecule has 0 bridgehead atoms. The van der Waals surface area contributed by atoms with E-state index in [1.165, 1.54) is 38.6 Å².